The van der Waals surface area contributed by atoms with Crippen molar-refractivity contribution in [2.24, 2.45) is 4.99 Å². The molecule has 2 rings (SSSR count). The Morgan fingerprint density at radius 1 is 1.13 bits per heavy atom. The van der Waals surface area contributed by atoms with Crippen molar-refractivity contribution in [3.8, 4) is 0 Å². The maximum absolute atomic E-state index is 4.30. The van der Waals surface area contributed by atoms with Gasteiger partial charge in [0.2, 0.25) is 0 Å². The van der Waals surface area contributed by atoms with Gasteiger partial charge in [0.05, 0.1) is 5.69 Å². The molecule has 0 radical (unpaired) electrons. The second-order valence-electron chi connectivity index (χ2n) is 3.19. The maximum atomic E-state index is 4.30. The van der Waals surface area contributed by atoms with Gasteiger partial charge in [0.25, 0.3) is 0 Å². The number of anilines is 1. The Morgan fingerprint density at radius 2 is 1.87 bits per heavy atom. The molecule has 1 aromatic rings. The molecule has 15 heavy (non-hydrogen) atoms. The maximum Gasteiger partial charge on any atom is 0.115 e. The predicted molar refractivity (Wildman–Crippen MR) is 69.7 cm³/mol. The van der Waals surface area contributed by atoms with Crippen LogP contribution >= 0.6 is 28.3 Å². The van der Waals surface area contributed by atoms with Crippen molar-refractivity contribution in [3.05, 3.63) is 28.7 Å². The number of rotatable bonds is 2. The minimum Gasteiger partial charge on any atom is -0.300 e. The summed E-state index contributed by atoms with van der Waals surface area (Å²) in [5.41, 5.74) is 7.26. The summed E-state index contributed by atoms with van der Waals surface area (Å²) in [5.74, 6) is 1.05. The van der Waals surface area contributed by atoms with Gasteiger partial charge in [-0.1, -0.05) is 15.9 Å². The number of amidine groups is 1. The average molecular weight is 291 g/mol. The first kappa shape index (κ1) is 12.3. The minimum absolute atomic E-state index is 0. The molecule has 0 amide bonds. The lowest BCUT2D eigenvalue weighted by Crippen LogP contribution is -2.27. The number of hydrogen-bond donors (Lipinski definition) is 2. The third kappa shape index (κ3) is 3.72. The second-order valence-corrected chi connectivity index (χ2v) is 4.10. The molecule has 1 aromatic carbocycles. The van der Waals surface area contributed by atoms with Crippen LogP contribution < -0.4 is 10.9 Å². The van der Waals surface area contributed by atoms with Crippen molar-refractivity contribution in [2.75, 3.05) is 12.0 Å². The van der Waals surface area contributed by atoms with E-state index in [-0.39, 0.29) is 12.4 Å². The van der Waals surface area contributed by atoms with Gasteiger partial charge in [0, 0.05) is 17.4 Å². The van der Waals surface area contributed by atoms with Crippen LogP contribution in [0, 0.1) is 0 Å². The van der Waals surface area contributed by atoms with E-state index in [4.69, 9.17) is 0 Å². The molecule has 0 aliphatic carbocycles. The van der Waals surface area contributed by atoms with Crippen molar-refractivity contribution in [1.29, 1.82) is 0 Å². The summed E-state index contributed by atoms with van der Waals surface area (Å²) in [4.78, 5) is 4.30. The Morgan fingerprint density at radius 3 is 2.47 bits per heavy atom. The highest BCUT2D eigenvalue weighted by molar-refractivity contribution is 9.10. The van der Waals surface area contributed by atoms with Crippen LogP contribution in [0.5, 0.6) is 0 Å². The molecule has 0 bridgehead atoms. The molecular formula is C10H13BrClN3. The van der Waals surface area contributed by atoms with E-state index < -0.39 is 0 Å². The van der Waals surface area contributed by atoms with E-state index >= 15 is 0 Å². The minimum atomic E-state index is 0. The molecular weight excluding hydrogens is 277 g/mol. The van der Waals surface area contributed by atoms with Gasteiger partial charge in [-0.15, -0.1) is 12.4 Å². The first-order chi connectivity index (χ1) is 6.84. The normalized spacial score (nSPS) is 14.1. The number of aliphatic imine (C=N–C) groups is 1. The predicted octanol–water partition coefficient (Wildman–Crippen LogP) is 2.98. The van der Waals surface area contributed by atoms with Crippen LogP contribution in [0.3, 0.4) is 0 Å². The van der Waals surface area contributed by atoms with Crippen molar-refractivity contribution >= 4 is 39.9 Å². The monoisotopic (exact) mass is 289 g/mol. The fourth-order valence-corrected chi connectivity index (χ4v) is 1.58. The lowest BCUT2D eigenvalue weighted by atomic mass is 10.3. The van der Waals surface area contributed by atoms with Crippen LogP contribution in [-0.4, -0.2) is 12.4 Å². The number of nitrogens with one attached hydrogen (secondary N) is 2. The van der Waals surface area contributed by atoms with Crippen molar-refractivity contribution in [1.82, 2.24) is 5.43 Å². The quantitative estimate of drug-likeness (QED) is 0.822. The third-order valence-corrected chi connectivity index (χ3v) is 2.60. The first-order valence-corrected chi connectivity index (χ1v) is 5.45. The van der Waals surface area contributed by atoms with Gasteiger partial charge >= 0.3 is 0 Å². The van der Waals surface area contributed by atoms with Crippen molar-refractivity contribution < 1.29 is 0 Å². The Balaban J connectivity index is 0.00000112. The molecule has 2 N–H and O–H groups in total. The number of hydrazine groups is 1. The summed E-state index contributed by atoms with van der Waals surface area (Å²) in [6.45, 7) is 0.949. The number of benzene rings is 1. The molecule has 82 valence electrons. The summed E-state index contributed by atoms with van der Waals surface area (Å²) in [7, 11) is 0. The molecule has 0 unspecified atom stereocenters. The van der Waals surface area contributed by atoms with Gasteiger partial charge < -0.3 is 0 Å². The summed E-state index contributed by atoms with van der Waals surface area (Å²) < 4.78 is 1.08. The zero-order valence-electron chi connectivity index (χ0n) is 8.16. The van der Waals surface area contributed by atoms with E-state index in [2.05, 4.69) is 31.8 Å². The second kappa shape index (κ2) is 5.98. The van der Waals surface area contributed by atoms with Crippen LogP contribution in [-0.2, 0) is 0 Å². The summed E-state index contributed by atoms with van der Waals surface area (Å²) >= 11 is 3.39. The zero-order chi connectivity index (χ0) is 9.80. The fourth-order valence-electron chi connectivity index (χ4n) is 1.32. The molecule has 1 aliphatic rings. The summed E-state index contributed by atoms with van der Waals surface area (Å²) in [6.07, 6.45) is 2.20. The van der Waals surface area contributed by atoms with Crippen LogP contribution in [0.25, 0.3) is 0 Å². The Hall–Kier alpha value is -0.740. The molecule has 0 fully saturated rings. The Labute approximate surface area is 104 Å². The number of hydrogen-bond acceptors (Lipinski definition) is 3. The van der Waals surface area contributed by atoms with Gasteiger partial charge in [0.1, 0.15) is 5.84 Å². The van der Waals surface area contributed by atoms with E-state index in [9.17, 15) is 0 Å². The van der Waals surface area contributed by atoms with Crippen LogP contribution in [0.4, 0.5) is 5.69 Å². The van der Waals surface area contributed by atoms with E-state index in [1.54, 1.807) is 0 Å². The third-order valence-electron chi connectivity index (χ3n) is 2.07. The van der Waals surface area contributed by atoms with E-state index in [0.717, 1.165) is 35.4 Å². The average Bonchev–Trinajstić information content (AvgIpc) is 2.70. The van der Waals surface area contributed by atoms with Gasteiger partial charge in [-0.05, 0) is 30.7 Å². The van der Waals surface area contributed by atoms with E-state index in [0.29, 0.717) is 0 Å². The van der Waals surface area contributed by atoms with Gasteiger partial charge in [-0.2, -0.15) is 0 Å². The van der Waals surface area contributed by atoms with Crippen molar-refractivity contribution in [2.45, 2.75) is 12.8 Å². The molecule has 1 heterocycles. The molecule has 0 spiro atoms. The molecule has 0 saturated carbocycles. The van der Waals surface area contributed by atoms with E-state index in [1.165, 1.54) is 0 Å². The molecule has 0 aromatic heterocycles. The Bertz CT molecular complexity index is 337. The summed E-state index contributed by atoms with van der Waals surface area (Å²) in [6, 6.07) is 8.01. The molecule has 1 aliphatic heterocycles. The number of halogens is 2. The highest BCUT2D eigenvalue weighted by Gasteiger charge is 2.04. The van der Waals surface area contributed by atoms with Gasteiger partial charge in [-0.25, -0.2) is 0 Å². The molecule has 5 heteroatoms. The van der Waals surface area contributed by atoms with Crippen LogP contribution in [0.1, 0.15) is 12.8 Å². The highest BCUT2D eigenvalue weighted by atomic mass is 79.9. The topological polar surface area (TPSA) is 36.4 Å². The SMILES string of the molecule is Brc1ccc(NNC2=NCCC2)cc1.Cl. The van der Waals surface area contributed by atoms with E-state index in [1.807, 2.05) is 24.3 Å². The summed E-state index contributed by atoms with van der Waals surface area (Å²) in [5, 5.41) is 0. The standard InChI is InChI=1S/C10H12BrN3.ClH/c11-8-3-5-9(6-4-8)13-14-10-2-1-7-12-10;/h3-6,13H,1-2,7H2,(H,12,14);1H. The van der Waals surface area contributed by atoms with Gasteiger partial charge in [-0.3, -0.25) is 15.8 Å². The largest absolute Gasteiger partial charge is 0.300 e. The highest BCUT2D eigenvalue weighted by Crippen LogP contribution is 2.13. The van der Waals surface area contributed by atoms with Crippen LogP contribution in [0.2, 0.25) is 0 Å². The Kier molecular flexibility index (Phi) is 4.91. The van der Waals surface area contributed by atoms with Crippen molar-refractivity contribution in [3.63, 3.8) is 0 Å². The lowest BCUT2D eigenvalue weighted by molar-refractivity contribution is 0.944. The lowest BCUT2D eigenvalue weighted by Gasteiger charge is -2.08. The molecule has 0 saturated heterocycles. The first-order valence-electron chi connectivity index (χ1n) is 4.65. The molecule has 0 atom stereocenters. The molecule has 3 nitrogen and oxygen atoms in total. The number of nitrogens with zero attached hydrogens (tertiary/aromatic N) is 1. The fraction of sp³-hybridized carbons (Fsp3) is 0.300. The smallest absolute Gasteiger partial charge is 0.115 e. The van der Waals surface area contributed by atoms with Crippen LogP contribution in [0.15, 0.2) is 33.7 Å². The van der Waals surface area contributed by atoms with Gasteiger partial charge in [0.15, 0.2) is 0 Å². The zero-order valence-corrected chi connectivity index (χ0v) is 10.6.